The van der Waals surface area contributed by atoms with Crippen molar-refractivity contribution in [2.45, 2.75) is 19.9 Å². The number of carbonyl (C=O) groups is 3. The van der Waals surface area contributed by atoms with Gasteiger partial charge in [-0.15, -0.1) is 0 Å². The van der Waals surface area contributed by atoms with E-state index in [1.165, 1.54) is 6.92 Å². The molecule has 3 amide bonds. The minimum atomic E-state index is -0.963. The first-order valence-electron chi connectivity index (χ1n) is 11.7. The summed E-state index contributed by atoms with van der Waals surface area (Å²) in [5, 5.41) is 5.98. The Morgan fingerprint density at radius 1 is 0.944 bits per heavy atom. The number of nitrogens with zero attached hydrogens (tertiary/aromatic N) is 4. The Morgan fingerprint density at radius 3 is 2.19 bits per heavy atom. The van der Waals surface area contributed by atoms with Crippen LogP contribution in [0.4, 0.5) is 23.1 Å². The average molecular weight is 487 g/mol. The SMILES string of the molecule is Cc1cc(N2CCOCC2)nc(Nc2ccc(NC(=O)[C@H](C)N3C(=O)c4ccccc4C3=O)cc2)n1. The Balaban J connectivity index is 1.23. The molecule has 36 heavy (non-hydrogen) atoms. The minimum Gasteiger partial charge on any atom is -0.378 e. The highest BCUT2D eigenvalue weighted by Crippen LogP contribution is 2.25. The van der Waals surface area contributed by atoms with Crippen LogP contribution in [0.5, 0.6) is 0 Å². The molecular formula is C26H26N6O4. The van der Waals surface area contributed by atoms with Crippen molar-refractivity contribution in [3.63, 3.8) is 0 Å². The van der Waals surface area contributed by atoms with Crippen LogP contribution in [0.25, 0.3) is 0 Å². The van der Waals surface area contributed by atoms with E-state index in [-0.39, 0.29) is 0 Å². The minimum absolute atomic E-state index is 0.313. The van der Waals surface area contributed by atoms with E-state index in [1.54, 1.807) is 48.5 Å². The lowest BCUT2D eigenvalue weighted by atomic mass is 10.1. The van der Waals surface area contributed by atoms with E-state index < -0.39 is 23.8 Å². The van der Waals surface area contributed by atoms with Gasteiger partial charge < -0.3 is 20.3 Å². The molecule has 3 heterocycles. The lowest BCUT2D eigenvalue weighted by molar-refractivity contribution is -0.119. The molecule has 1 saturated heterocycles. The third-order valence-electron chi connectivity index (χ3n) is 6.18. The highest BCUT2D eigenvalue weighted by molar-refractivity contribution is 6.23. The highest BCUT2D eigenvalue weighted by atomic mass is 16.5. The number of morpholine rings is 1. The van der Waals surface area contributed by atoms with Crippen molar-refractivity contribution >= 4 is 40.9 Å². The van der Waals surface area contributed by atoms with E-state index in [9.17, 15) is 14.4 Å². The summed E-state index contributed by atoms with van der Waals surface area (Å²) in [5.41, 5.74) is 2.76. The van der Waals surface area contributed by atoms with E-state index in [0.29, 0.717) is 36.0 Å². The van der Waals surface area contributed by atoms with Crippen molar-refractivity contribution in [2.75, 3.05) is 41.8 Å². The van der Waals surface area contributed by atoms with Crippen LogP contribution < -0.4 is 15.5 Å². The lowest BCUT2D eigenvalue weighted by Crippen LogP contribution is -2.45. The van der Waals surface area contributed by atoms with Crippen LogP contribution in [-0.4, -0.2) is 64.9 Å². The molecule has 0 radical (unpaired) electrons. The Morgan fingerprint density at radius 2 is 1.56 bits per heavy atom. The van der Waals surface area contributed by atoms with E-state index in [2.05, 4.69) is 25.5 Å². The van der Waals surface area contributed by atoms with Gasteiger partial charge in [-0.1, -0.05) is 12.1 Å². The van der Waals surface area contributed by atoms with Gasteiger partial charge in [0, 0.05) is 36.2 Å². The predicted molar refractivity (Wildman–Crippen MR) is 135 cm³/mol. The Bertz CT molecular complexity index is 1290. The number of nitrogens with one attached hydrogen (secondary N) is 2. The number of ether oxygens (including phenoxy) is 1. The summed E-state index contributed by atoms with van der Waals surface area (Å²) in [7, 11) is 0. The van der Waals surface area contributed by atoms with Crippen molar-refractivity contribution in [1.82, 2.24) is 14.9 Å². The maximum atomic E-state index is 12.8. The Kier molecular flexibility index (Phi) is 6.34. The number of aryl methyl sites for hydroxylation is 1. The molecule has 10 nitrogen and oxygen atoms in total. The number of aromatic nitrogens is 2. The second kappa shape index (κ2) is 9.74. The molecule has 2 aliphatic heterocycles. The third-order valence-corrected chi connectivity index (χ3v) is 6.18. The van der Waals surface area contributed by atoms with Crippen LogP contribution in [0.15, 0.2) is 54.6 Å². The molecule has 3 aromatic rings. The maximum absolute atomic E-state index is 12.8. The molecule has 0 aliphatic carbocycles. The van der Waals surface area contributed by atoms with Gasteiger partial charge >= 0.3 is 0 Å². The molecule has 0 unspecified atom stereocenters. The van der Waals surface area contributed by atoms with Gasteiger partial charge in [-0.3, -0.25) is 19.3 Å². The largest absolute Gasteiger partial charge is 0.378 e. The van der Waals surface area contributed by atoms with Crippen LogP contribution in [0.3, 0.4) is 0 Å². The number of imide groups is 1. The first-order chi connectivity index (χ1) is 17.4. The molecular weight excluding hydrogens is 460 g/mol. The van der Waals surface area contributed by atoms with Crippen LogP contribution in [0.1, 0.15) is 33.3 Å². The summed E-state index contributed by atoms with van der Waals surface area (Å²) < 4.78 is 5.42. The second-order valence-electron chi connectivity index (χ2n) is 8.68. The van der Waals surface area contributed by atoms with Crippen molar-refractivity contribution in [1.29, 1.82) is 0 Å². The molecule has 1 aromatic heterocycles. The molecule has 0 spiro atoms. The zero-order valence-electron chi connectivity index (χ0n) is 20.0. The summed E-state index contributed by atoms with van der Waals surface area (Å²) >= 11 is 0. The normalized spacial score (nSPS) is 16.1. The number of amides is 3. The fourth-order valence-electron chi connectivity index (χ4n) is 4.25. The molecule has 2 aliphatic rings. The Labute approximate surface area is 208 Å². The van der Waals surface area contributed by atoms with Crippen molar-refractivity contribution < 1.29 is 19.1 Å². The quantitative estimate of drug-likeness (QED) is 0.511. The van der Waals surface area contributed by atoms with Gasteiger partial charge in [-0.2, -0.15) is 4.98 Å². The summed E-state index contributed by atoms with van der Waals surface area (Å²) in [5.74, 6) is -0.0611. The van der Waals surface area contributed by atoms with Crippen LogP contribution >= 0.6 is 0 Å². The molecule has 5 rings (SSSR count). The van der Waals surface area contributed by atoms with Crippen LogP contribution in [0, 0.1) is 6.92 Å². The van der Waals surface area contributed by atoms with Crippen LogP contribution in [-0.2, 0) is 9.53 Å². The summed E-state index contributed by atoms with van der Waals surface area (Å²) in [6.07, 6.45) is 0. The van der Waals surface area contributed by atoms with Gasteiger partial charge in [-0.25, -0.2) is 4.98 Å². The van der Waals surface area contributed by atoms with Gasteiger partial charge in [0.25, 0.3) is 11.8 Å². The highest BCUT2D eigenvalue weighted by Gasteiger charge is 2.40. The molecule has 10 heteroatoms. The van der Waals surface area contributed by atoms with E-state index >= 15 is 0 Å². The number of fused-ring (bicyclic) bond motifs is 1. The van der Waals surface area contributed by atoms with Crippen molar-refractivity contribution in [3.8, 4) is 0 Å². The van der Waals surface area contributed by atoms with Gasteiger partial charge in [0.15, 0.2) is 0 Å². The standard InChI is InChI=1S/C26H26N6O4/c1-16-15-22(31-11-13-36-14-12-31)30-26(27-16)29-19-9-7-18(8-10-19)28-23(33)17(2)32-24(34)20-5-3-4-6-21(20)25(32)35/h3-10,15,17H,11-14H2,1-2H3,(H,28,33)(H,27,29,30)/t17-/m0/s1. The smallest absolute Gasteiger partial charge is 0.262 e. The third kappa shape index (κ3) is 4.63. The number of carbonyl (C=O) groups excluding carboxylic acids is 3. The van der Waals surface area contributed by atoms with E-state index in [4.69, 9.17) is 4.74 Å². The fraction of sp³-hybridized carbons (Fsp3) is 0.269. The first kappa shape index (κ1) is 23.4. The number of rotatable bonds is 6. The second-order valence-corrected chi connectivity index (χ2v) is 8.68. The summed E-state index contributed by atoms with van der Waals surface area (Å²) in [4.78, 5) is 50.4. The number of benzene rings is 2. The molecule has 1 fully saturated rings. The Hall–Kier alpha value is -4.31. The topological polar surface area (TPSA) is 117 Å². The lowest BCUT2D eigenvalue weighted by Gasteiger charge is -2.28. The molecule has 0 saturated carbocycles. The number of anilines is 4. The number of hydrogen-bond acceptors (Lipinski definition) is 8. The molecule has 184 valence electrons. The van der Waals surface area contributed by atoms with Crippen molar-refractivity contribution in [3.05, 3.63) is 71.4 Å². The molecule has 1 atom stereocenters. The van der Waals surface area contributed by atoms with Gasteiger partial charge in [0.2, 0.25) is 11.9 Å². The van der Waals surface area contributed by atoms with E-state index in [1.807, 2.05) is 13.0 Å². The fourth-order valence-corrected chi connectivity index (χ4v) is 4.25. The van der Waals surface area contributed by atoms with Gasteiger partial charge in [-0.05, 0) is 50.2 Å². The van der Waals surface area contributed by atoms with Crippen LogP contribution in [0.2, 0.25) is 0 Å². The molecule has 0 bridgehead atoms. The summed E-state index contributed by atoms with van der Waals surface area (Å²) in [6, 6.07) is 14.6. The molecule has 2 N–H and O–H groups in total. The first-order valence-corrected chi connectivity index (χ1v) is 11.7. The predicted octanol–water partition coefficient (Wildman–Crippen LogP) is 2.99. The zero-order valence-corrected chi connectivity index (χ0v) is 20.0. The van der Waals surface area contributed by atoms with Gasteiger partial charge in [0.05, 0.1) is 24.3 Å². The maximum Gasteiger partial charge on any atom is 0.262 e. The van der Waals surface area contributed by atoms with Gasteiger partial charge in [0.1, 0.15) is 11.9 Å². The van der Waals surface area contributed by atoms with Crippen molar-refractivity contribution in [2.24, 2.45) is 0 Å². The number of hydrogen-bond donors (Lipinski definition) is 2. The zero-order chi connectivity index (χ0) is 25.2. The average Bonchev–Trinajstić information content (AvgIpc) is 3.14. The molecule has 2 aromatic carbocycles. The monoisotopic (exact) mass is 486 g/mol. The summed E-state index contributed by atoms with van der Waals surface area (Å²) in [6.45, 7) is 6.36. The van der Waals surface area contributed by atoms with E-state index in [0.717, 1.165) is 35.2 Å².